The van der Waals surface area contributed by atoms with E-state index in [1.54, 1.807) is 6.07 Å². The van der Waals surface area contributed by atoms with Crippen LogP contribution in [0.2, 0.25) is 5.02 Å². The predicted octanol–water partition coefficient (Wildman–Crippen LogP) is 4.62. The number of nitrogens with one attached hydrogen (secondary N) is 1. The molecule has 0 saturated heterocycles. The van der Waals surface area contributed by atoms with Gasteiger partial charge in [0, 0.05) is 11.7 Å². The van der Waals surface area contributed by atoms with Crippen molar-refractivity contribution in [1.29, 1.82) is 0 Å². The normalized spacial score (nSPS) is 15.2. The summed E-state index contributed by atoms with van der Waals surface area (Å²) in [5, 5.41) is 3.03. The average Bonchev–Trinajstić information content (AvgIpc) is 2.72. The van der Waals surface area contributed by atoms with Crippen LogP contribution in [0.25, 0.3) is 0 Å². The Bertz CT molecular complexity index is 1000. The van der Waals surface area contributed by atoms with Gasteiger partial charge in [-0.3, -0.25) is 4.79 Å². The molecule has 8 heteroatoms. The molecule has 0 radical (unpaired) electrons. The molecule has 0 bridgehead atoms. The molecule has 0 unspecified atom stereocenters. The minimum atomic E-state index is -3.91. The van der Waals surface area contributed by atoms with E-state index in [1.165, 1.54) is 29.6 Å². The number of carbonyl (C=O) groups excluding carboxylic acids is 1. The van der Waals surface area contributed by atoms with E-state index in [0.29, 0.717) is 11.4 Å². The highest BCUT2D eigenvalue weighted by atomic mass is 35.5. The van der Waals surface area contributed by atoms with Gasteiger partial charge in [0.25, 0.3) is 0 Å². The van der Waals surface area contributed by atoms with Gasteiger partial charge in [0.15, 0.2) is 0 Å². The molecular weight excluding hydrogens is 424 g/mol. The predicted molar refractivity (Wildman–Crippen MR) is 119 cm³/mol. The molecule has 1 fully saturated rings. The molecule has 0 aromatic heterocycles. The zero-order valence-electron chi connectivity index (χ0n) is 17.2. The van der Waals surface area contributed by atoms with Crippen molar-refractivity contribution in [2.75, 3.05) is 19.0 Å². The minimum absolute atomic E-state index is 0.0576. The number of hydrogen-bond acceptors (Lipinski definition) is 4. The molecule has 30 heavy (non-hydrogen) atoms. The first kappa shape index (κ1) is 22.6. The summed E-state index contributed by atoms with van der Waals surface area (Å²) in [5.74, 6) is 0.0337. The van der Waals surface area contributed by atoms with Gasteiger partial charge in [-0.2, -0.15) is 4.31 Å². The zero-order valence-corrected chi connectivity index (χ0v) is 18.8. The van der Waals surface area contributed by atoms with Crippen LogP contribution in [0.4, 0.5) is 5.69 Å². The molecule has 2 aromatic carbocycles. The maximum Gasteiger partial charge on any atom is 0.243 e. The van der Waals surface area contributed by atoms with Crippen LogP contribution >= 0.6 is 11.6 Å². The van der Waals surface area contributed by atoms with Gasteiger partial charge in [-0.25, -0.2) is 8.42 Å². The van der Waals surface area contributed by atoms with Crippen molar-refractivity contribution in [1.82, 2.24) is 4.31 Å². The molecule has 0 spiro atoms. The van der Waals surface area contributed by atoms with Gasteiger partial charge < -0.3 is 10.1 Å². The van der Waals surface area contributed by atoms with Crippen molar-refractivity contribution >= 4 is 33.2 Å². The second kappa shape index (κ2) is 9.81. The Morgan fingerprint density at radius 1 is 1.17 bits per heavy atom. The van der Waals surface area contributed by atoms with Gasteiger partial charge >= 0.3 is 0 Å². The number of amides is 1. The molecule has 2 aromatic rings. The van der Waals surface area contributed by atoms with E-state index in [1.807, 2.05) is 25.1 Å². The van der Waals surface area contributed by atoms with Gasteiger partial charge in [-0.05, 0) is 55.7 Å². The molecule has 0 heterocycles. The van der Waals surface area contributed by atoms with Crippen molar-refractivity contribution in [3.05, 3.63) is 53.1 Å². The number of aryl methyl sites for hydroxylation is 1. The molecule has 1 aliphatic carbocycles. The molecule has 0 aliphatic heterocycles. The second-order valence-electron chi connectivity index (χ2n) is 7.56. The molecule has 0 atom stereocenters. The SMILES string of the molecule is COc1ccc(S(=O)(=O)N(CC(=O)Nc2cccc(C)c2)C2CCCCC2)cc1Cl. The summed E-state index contributed by atoms with van der Waals surface area (Å²) < 4.78 is 33.4. The fourth-order valence-corrected chi connectivity index (χ4v) is 5.78. The Morgan fingerprint density at radius 2 is 1.90 bits per heavy atom. The van der Waals surface area contributed by atoms with Gasteiger partial charge in [-0.1, -0.05) is 43.0 Å². The lowest BCUT2D eigenvalue weighted by Crippen LogP contribution is -2.45. The first-order valence-corrected chi connectivity index (χ1v) is 11.8. The Balaban J connectivity index is 1.87. The smallest absolute Gasteiger partial charge is 0.243 e. The molecule has 162 valence electrons. The lowest BCUT2D eigenvalue weighted by Gasteiger charge is -2.33. The van der Waals surface area contributed by atoms with Crippen LogP contribution in [-0.2, 0) is 14.8 Å². The summed E-state index contributed by atoms with van der Waals surface area (Å²) in [6.45, 7) is 1.69. The summed E-state index contributed by atoms with van der Waals surface area (Å²) in [7, 11) is -2.44. The van der Waals surface area contributed by atoms with E-state index >= 15 is 0 Å². The number of hydrogen-bond donors (Lipinski definition) is 1. The fourth-order valence-electron chi connectivity index (χ4n) is 3.79. The van der Waals surface area contributed by atoms with Crippen LogP contribution in [0.1, 0.15) is 37.7 Å². The minimum Gasteiger partial charge on any atom is -0.495 e. The van der Waals surface area contributed by atoms with Crippen LogP contribution in [0.15, 0.2) is 47.4 Å². The molecule has 1 N–H and O–H groups in total. The van der Waals surface area contributed by atoms with Gasteiger partial charge in [0.05, 0.1) is 23.6 Å². The lowest BCUT2D eigenvalue weighted by atomic mass is 9.95. The Kier molecular flexibility index (Phi) is 7.39. The highest BCUT2D eigenvalue weighted by Gasteiger charge is 2.34. The summed E-state index contributed by atoms with van der Waals surface area (Å²) in [5.41, 5.74) is 1.66. The molecule has 6 nitrogen and oxygen atoms in total. The van der Waals surface area contributed by atoms with E-state index < -0.39 is 10.0 Å². The quantitative estimate of drug-likeness (QED) is 0.667. The van der Waals surface area contributed by atoms with Crippen LogP contribution in [-0.4, -0.2) is 38.3 Å². The third-order valence-corrected chi connectivity index (χ3v) is 7.50. The van der Waals surface area contributed by atoms with Crippen molar-refractivity contribution < 1.29 is 17.9 Å². The van der Waals surface area contributed by atoms with E-state index in [9.17, 15) is 13.2 Å². The van der Waals surface area contributed by atoms with E-state index in [4.69, 9.17) is 16.3 Å². The van der Waals surface area contributed by atoms with Gasteiger partial charge in [0.1, 0.15) is 5.75 Å². The third kappa shape index (κ3) is 5.33. The number of methoxy groups -OCH3 is 1. The summed E-state index contributed by atoms with van der Waals surface area (Å²) in [4.78, 5) is 12.8. The van der Waals surface area contributed by atoms with Crippen molar-refractivity contribution in [3.8, 4) is 5.75 Å². The zero-order chi connectivity index (χ0) is 21.7. The van der Waals surface area contributed by atoms with Crippen molar-refractivity contribution in [2.24, 2.45) is 0 Å². The third-order valence-electron chi connectivity index (χ3n) is 5.31. The van der Waals surface area contributed by atoms with E-state index in [0.717, 1.165) is 37.7 Å². The van der Waals surface area contributed by atoms with Gasteiger partial charge in [0.2, 0.25) is 15.9 Å². The second-order valence-corrected chi connectivity index (χ2v) is 9.85. The van der Waals surface area contributed by atoms with E-state index in [-0.39, 0.29) is 28.4 Å². The van der Waals surface area contributed by atoms with Crippen LogP contribution in [0.5, 0.6) is 5.75 Å². The van der Waals surface area contributed by atoms with Crippen LogP contribution in [0.3, 0.4) is 0 Å². The van der Waals surface area contributed by atoms with Gasteiger partial charge in [-0.15, -0.1) is 0 Å². The number of sulfonamides is 1. The molecule has 1 saturated carbocycles. The van der Waals surface area contributed by atoms with Crippen LogP contribution in [0, 0.1) is 6.92 Å². The maximum absolute atomic E-state index is 13.5. The first-order chi connectivity index (χ1) is 14.3. The monoisotopic (exact) mass is 450 g/mol. The highest BCUT2D eigenvalue weighted by Crippen LogP contribution is 2.31. The number of rotatable bonds is 7. The summed E-state index contributed by atoms with van der Waals surface area (Å²) in [6.07, 6.45) is 4.44. The molecule has 3 rings (SSSR count). The highest BCUT2D eigenvalue weighted by molar-refractivity contribution is 7.89. The number of halogens is 1. The summed E-state index contributed by atoms with van der Waals surface area (Å²) in [6, 6.07) is 11.6. The standard InChI is InChI=1S/C22H27ClN2O4S/c1-16-7-6-8-17(13-16)24-22(26)15-25(18-9-4-3-5-10-18)30(27,28)19-11-12-21(29-2)20(23)14-19/h6-8,11-14,18H,3-5,9-10,15H2,1-2H3,(H,24,26). The molecular formula is C22H27ClN2O4S. The molecule has 1 aliphatic rings. The van der Waals surface area contributed by atoms with Crippen molar-refractivity contribution in [2.45, 2.75) is 50.0 Å². The topological polar surface area (TPSA) is 75.7 Å². The Morgan fingerprint density at radius 3 is 2.53 bits per heavy atom. The number of benzene rings is 2. The number of nitrogens with zero attached hydrogens (tertiary/aromatic N) is 1. The fraction of sp³-hybridized carbons (Fsp3) is 0.409. The van der Waals surface area contributed by atoms with Crippen LogP contribution < -0.4 is 10.1 Å². The summed E-state index contributed by atoms with van der Waals surface area (Å²) >= 11 is 6.17. The largest absolute Gasteiger partial charge is 0.495 e. The number of ether oxygens (including phenoxy) is 1. The van der Waals surface area contributed by atoms with Crippen molar-refractivity contribution in [3.63, 3.8) is 0 Å². The first-order valence-electron chi connectivity index (χ1n) is 10.0. The average molecular weight is 451 g/mol. The Labute approximate surface area is 183 Å². The van der Waals surface area contributed by atoms with E-state index in [2.05, 4.69) is 5.32 Å². The molecule has 1 amide bonds. The lowest BCUT2D eigenvalue weighted by molar-refractivity contribution is -0.116. The Hall–Kier alpha value is -2.09. The maximum atomic E-state index is 13.5. The number of carbonyl (C=O) groups is 1. The number of anilines is 1.